The van der Waals surface area contributed by atoms with E-state index < -0.39 is 0 Å². The molecule has 31 heavy (non-hydrogen) atoms. The number of fused-ring (bicyclic) bond motifs is 2. The molecule has 0 radical (unpaired) electrons. The molecule has 2 aromatic heterocycles. The van der Waals surface area contributed by atoms with E-state index in [1.165, 1.54) is 16.3 Å². The van der Waals surface area contributed by atoms with E-state index >= 15 is 0 Å². The van der Waals surface area contributed by atoms with Crippen molar-refractivity contribution in [1.82, 2.24) is 24.4 Å². The third-order valence-electron chi connectivity index (χ3n) is 5.79. The molecule has 0 bridgehead atoms. The van der Waals surface area contributed by atoms with Crippen LogP contribution in [0.3, 0.4) is 0 Å². The molecule has 0 saturated heterocycles. The lowest BCUT2D eigenvalue weighted by atomic mass is 10.0. The van der Waals surface area contributed by atoms with Gasteiger partial charge in [0.15, 0.2) is 5.65 Å². The Labute approximate surface area is 181 Å². The van der Waals surface area contributed by atoms with Gasteiger partial charge in [-0.25, -0.2) is 0 Å². The number of hydrogen-bond donors (Lipinski definition) is 1. The summed E-state index contributed by atoms with van der Waals surface area (Å²) in [6, 6.07) is 10.3. The molecular weight excluding hydrogens is 394 g/mol. The molecule has 8 heteroatoms. The summed E-state index contributed by atoms with van der Waals surface area (Å²) in [7, 11) is 1.64. The van der Waals surface area contributed by atoms with Gasteiger partial charge in [-0.2, -0.15) is 9.61 Å². The Bertz CT molecular complexity index is 1120. The van der Waals surface area contributed by atoms with Gasteiger partial charge in [0.2, 0.25) is 0 Å². The number of carbonyl (C=O) groups is 1. The second kappa shape index (κ2) is 9.45. The fourth-order valence-corrected chi connectivity index (χ4v) is 4.29. The first-order chi connectivity index (χ1) is 15.1. The highest BCUT2D eigenvalue weighted by atomic mass is 16.5. The van der Waals surface area contributed by atoms with Crippen LogP contribution < -0.4 is 10.9 Å². The smallest absolute Gasteiger partial charge is 0.279 e. The summed E-state index contributed by atoms with van der Waals surface area (Å²) in [5.74, 6) is -0.214. The summed E-state index contributed by atoms with van der Waals surface area (Å²) in [4.78, 5) is 28.3. The predicted molar refractivity (Wildman–Crippen MR) is 118 cm³/mol. The van der Waals surface area contributed by atoms with Crippen LogP contribution in [0.2, 0.25) is 0 Å². The quantitative estimate of drug-likeness (QED) is 0.559. The van der Waals surface area contributed by atoms with Crippen LogP contribution in [0.15, 0.2) is 41.3 Å². The van der Waals surface area contributed by atoms with Crippen LogP contribution in [-0.4, -0.2) is 51.8 Å². The Hall–Kier alpha value is -2.97. The standard InChI is InChI=1S/C23H29N5O3/c1-3-27-20-10-12-26(15-17-8-5-4-6-9-17)16-19(20)23(30)28-22(27)18(14-25-28)21(29)24-11-7-13-31-2/h4-6,8-9,14H,3,7,10-13,15-16H2,1-2H3,(H,24,29). The summed E-state index contributed by atoms with van der Waals surface area (Å²) < 4.78 is 8.49. The van der Waals surface area contributed by atoms with Crippen molar-refractivity contribution in [2.75, 3.05) is 26.8 Å². The Kier molecular flexibility index (Phi) is 6.48. The van der Waals surface area contributed by atoms with Crippen molar-refractivity contribution in [3.05, 3.63) is 69.3 Å². The summed E-state index contributed by atoms with van der Waals surface area (Å²) in [5.41, 5.74) is 3.89. The van der Waals surface area contributed by atoms with Crippen LogP contribution >= 0.6 is 0 Å². The second-order valence-electron chi connectivity index (χ2n) is 7.82. The number of aromatic nitrogens is 3. The number of methoxy groups -OCH3 is 1. The molecule has 0 atom stereocenters. The van der Waals surface area contributed by atoms with Gasteiger partial charge in [-0.15, -0.1) is 0 Å². The van der Waals surface area contributed by atoms with E-state index in [2.05, 4.69) is 32.0 Å². The molecule has 1 amide bonds. The Morgan fingerprint density at radius 3 is 2.81 bits per heavy atom. The first kappa shape index (κ1) is 21.3. The molecule has 164 valence electrons. The Morgan fingerprint density at radius 2 is 2.06 bits per heavy atom. The zero-order chi connectivity index (χ0) is 21.8. The zero-order valence-corrected chi connectivity index (χ0v) is 18.1. The van der Waals surface area contributed by atoms with E-state index in [4.69, 9.17) is 4.74 Å². The predicted octanol–water partition coefficient (Wildman–Crippen LogP) is 1.84. The molecular formula is C23H29N5O3. The number of amides is 1. The van der Waals surface area contributed by atoms with E-state index in [-0.39, 0.29) is 11.5 Å². The van der Waals surface area contributed by atoms with E-state index in [1.54, 1.807) is 7.11 Å². The first-order valence-corrected chi connectivity index (χ1v) is 10.8. The number of hydrogen-bond acceptors (Lipinski definition) is 5. The van der Waals surface area contributed by atoms with Crippen molar-refractivity contribution in [2.24, 2.45) is 0 Å². The van der Waals surface area contributed by atoms with Gasteiger partial charge in [-0.05, 0) is 18.9 Å². The van der Waals surface area contributed by atoms with Gasteiger partial charge in [-0.1, -0.05) is 30.3 Å². The van der Waals surface area contributed by atoms with Gasteiger partial charge in [0.1, 0.15) is 5.56 Å². The minimum atomic E-state index is -0.214. The zero-order valence-electron chi connectivity index (χ0n) is 18.1. The molecule has 1 aromatic carbocycles. The van der Waals surface area contributed by atoms with Crippen LogP contribution in [0.4, 0.5) is 0 Å². The third-order valence-corrected chi connectivity index (χ3v) is 5.79. The minimum absolute atomic E-state index is 0.133. The fourth-order valence-electron chi connectivity index (χ4n) is 4.29. The van der Waals surface area contributed by atoms with Gasteiger partial charge < -0.3 is 14.6 Å². The van der Waals surface area contributed by atoms with E-state index in [9.17, 15) is 9.59 Å². The molecule has 1 N–H and O–H groups in total. The van der Waals surface area contributed by atoms with Crippen LogP contribution in [0, 0.1) is 0 Å². The Morgan fingerprint density at radius 1 is 1.26 bits per heavy atom. The highest BCUT2D eigenvalue weighted by Crippen LogP contribution is 2.22. The minimum Gasteiger partial charge on any atom is -0.385 e. The molecule has 0 unspecified atom stereocenters. The van der Waals surface area contributed by atoms with Crippen molar-refractivity contribution in [3.63, 3.8) is 0 Å². The number of nitrogens with one attached hydrogen (secondary N) is 1. The van der Waals surface area contributed by atoms with Gasteiger partial charge in [0.25, 0.3) is 11.5 Å². The second-order valence-corrected chi connectivity index (χ2v) is 7.82. The van der Waals surface area contributed by atoms with Crippen LogP contribution in [0.1, 0.15) is 40.5 Å². The van der Waals surface area contributed by atoms with Crippen molar-refractivity contribution in [3.8, 4) is 0 Å². The summed E-state index contributed by atoms with van der Waals surface area (Å²) in [6.07, 6.45) is 3.00. The molecule has 1 aliphatic heterocycles. The van der Waals surface area contributed by atoms with Gasteiger partial charge >= 0.3 is 0 Å². The molecule has 3 heterocycles. The molecule has 0 aliphatic carbocycles. The van der Waals surface area contributed by atoms with Crippen molar-refractivity contribution >= 4 is 11.6 Å². The number of carbonyl (C=O) groups excluding carboxylic acids is 1. The molecule has 0 spiro atoms. The highest BCUT2D eigenvalue weighted by molar-refractivity contribution is 5.99. The van der Waals surface area contributed by atoms with Crippen LogP contribution in [0.5, 0.6) is 0 Å². The molecule has 4 rings (SSSR count). The van der Waals surface area contributed by atoms with E-state index in [0.29, 0.717) is 37.5 Å². The summed E-state index contributed by atoms with van der Waals surface area (Å²) >= 11 is 0. The number of benzene rings is 1. The van der Waals surface area contributed by atoms with E-state index in [0.717, 1.165) is 37.2 Å². The van der Waals surface area contributed by atoms with Gasteiger partial charge in [0.05, 0.1) is 11.8 Å². The van der Waals surface area contributed by atoms with Crippen molar-refractivity contribution in [1.29, 1.82) is 0 Å². The van der Waals surface area contributed by atoms with Crippen LogP contribution in [0.25, 0.3) is 5.65 Å². The molecule has 1 aliphatic rings. The summed E-state index contributed by atoms with van der Waals surface area (Å²) in [6.45, 7) is 6.05. The average molecular weight is 424 g/mol. The number of nitrogens with zero attached hydrogens (tertiary/aromatic N) is 4. The normalized spacial score (nSPS) is 14.0. The SMILES string of the molecule is CCn1c2c(c(=O)n3ncc(C(=O)NCCCOC)c13)CN(Cc1ccccc1)CC2. The third kappa shape index (κ3) is 4.26. The lowest BCUT2D eigenvalue weighted by Gasteiger charge is -2.30. The fraction of sp³-hybridized carbons (Fsp3) is 0.435. The maximum atomic E-state index is 13.3. The first-order valence-electron chi connectivity index (χ1n) is 10.8. The monoisotopic (exact) mass is 423 g/mol. The lowest BCUT2D eigenvalue weighted by molar-refractivity contribution is 0.0949. The largest absolute Gasteiger partial charge is 0.385 e. The highest BCUT2D eigenvalue weighted by Gasteiger charge is 2.26. The van der Waals surface area contributed by atoms with Gasteiger partial charge in [-0.3, -0.25) is 14.5 Å². The van der Waals surface area contributed by atoms with Crippen LogP contribution in [-0.2, 0) is 30.8 Å². The van der Waals surface area contributed by atoms with Gasteiger partial charge in [0, 0.05) is 58.6 Å². The summed E-state index contributed by atoms with van der Waals surface area (Å²) in [5, 5.41) is 7.19. The molecule has 0 fully saturated rings. The van der Waals surface area contributed by atoms with Crippen molar-refractivity contribution in [2.45, 2.75) is 39.4 Å². The molecule has 3 aromatic rings. The maximum absolute atomic E-state index is 13.3. The van der Waals surface area contributed by atoms with Crippen molar-refractivity contribution < 1.29 is 9.53 Å². The topological polar surface area (TPSA) is 80.9 Å². The number of rotatable bonds is 8. The number of ether oxygens (including phenoxy) is 1. The molecule has 0 saturated carbocycles. The average Bonchev–Trinajstić information content (AvgIpc) is 3.23. The Balaban J connectivity index is 1.65. The van der Waals surface area contributed by atoms with E-state index in [1.807, 2.05) is 25.1 Å². The lowest BCUT2D eigenvalue weighted by Crippen LogP contribution is -2.38. The molecule has 8 nitrogen and oxygen atoms in total. The maximum Gasteiger partial charge on any atom is 0.279 e. The number of aryl methyl sites for hydroxylation is 1.